The molecule has 5 nitrogen and oxygen atoms in total. The van der Waals surface area contributed by atoms with Crippen molar-refractivity contribution in [2.24, 2.45) is 5.41 Å². The number of ether oxygens (including phenoxy) is 1. The fraction of sp³-hybridized carbons (Fsp3) is 0.647. The lowest BCUT2D eigenvalue weighted by Gasteiger charge is -2.44. The number of carbonyl (C=O) groups excluding carboxylic acids is 2. The monoisotopic (exact) mass is 368 g/mol. The standard InChI is InChI=1S/C17H24N2O3S2/c1-17(2)10-19(16(21)22-11-17)12-6-8-18(9-7-12)15(20)13-4-5-14(23-3)24-13/h4-5,12H,6-11H2,1-3H3. The van der Waals surface area contributed by atoms with E-state index in [9.17, 15) is 9.59 Å². The highest BCUT2D eigenvalue weighted by Crippen LogP contribution is 2.30. The first-order valence-corrected chi connectivity index (χ1v) is 10.3. The molecule has 0 unspecified atom stereocenters. The van der Waals surface area contributed by atoms with Crippen molar-refractivity contribution in [3.63, 3.8) is 0 Å². The first-order chi connectivity index (χ1) is 11.4. The van der Waals surface area contributed by atoms with Crippen LogP contribution in [-0.4, -0.2) is 60.3 Å². The maximum Gasteiger partial charge on any atom is 0.410 e. The second-order valence-electron chi connectivity index (χ2n) is 7.19. The van der Waals surface area contributed by atoms with Crippen LogP contribution in [0.2, 0.25) is 0 Å². The highest BCUT2D eigenvalue weighted by atomic mass is 32.2. The van der Waals surface area contributed by atoms with Crippen LogP contribution >= 0.6 is 23.1 Å². The predicted molar refractivity (Wildman–Crippen MR) is 96.9 cm³/mol. The lowest BCUT2D eigenvalue weighted by Crippen LogP contribution is -2.55. The van der Waals surface area contributed by atoms with Crippen molar-refractivity contribution in [3.8, 4) is 0 Å². The number of amides is 2. The van der Waals surface area contributed by atoms with Crippen molar-refractivity contribution >= 4 is 35.1 Å². The third kappa shape index (κ3) is 3.72. The Bertz CT molecular complexity index is 621. The van der Waals surface area contributed by atoms with E-state index in [2.05, 4.69) is 13.8 Å². The molecular formula is C17H24N2O3S2. The summed E-state index contributed by atoms with van der Waals surface area (Å²) < 4.78 is 6.48. The van der Waals surface area contributed by atoms with Gasteiger partial charge >= 0.3 is 6.09 Å². The van der Waals surface area contributed by atoms with Crippen LogP contribution < -0.4 is 0 Å². The molecule has 0 N–H and O–H groups in total. The molecule has 0 aromatic carbocycles. The lowest BCUT2D eigenvalue weighted by molar-refractivity contribution is -0.0153. The topological polar surface area (TPSA) is 49.9 Å². The maximum atomic E-state index is 12.6. The van der Waals surface area contributed by atoms with Gasteiger partial charge in [-0.2, -0.15) is 0 Å². The van der Waals surface area contributed by atoms with E-state index in [1.807, 2.05) is 28.2 Å². The van der Waals surface area contributed by atoms with Gasteiger partial charge in [-0.3, -0.25) is 4.79 Å². The Labute approximate surface area is 151 Å². The number of likely N-dealkylation sites (tertiary alicyclic amines) is 1. The molecule has 2 aliphatic rings. The molecule has 3 heterocycles. The first-order valence-electron chi connectivity index (χ1n) is 8.26. The SMILES string of the molecule is CSc1ccc(C(=O)N2CCC(N3CC(C)(C)COC3=O)CC2)s1. The summed E-state index contributed by atoms with van der Waals surface area (Å²) in [6.07, 6.45) is 3.45. The molecule has 132 valence electrons. The zero-order valence-corrected chi connectivity index (χ0v) is 16.0. The third-order valence-electron chi connectivity index (χ3n) is 4.61. The highest BCUT2D eigenvalue weighted by molar-refractivity contribution is 8.00. The van der Waals surface area contributed by atoms with Gasteiger partial charge < -0.3 is 14.5 Å². The minimum absolute atomic E-state index is 0.00788. The van der Waals surface area contributed by atoms with Crippen LogP contribution in [-0.2, 0) is 4.74 Å². The summed E-state index contributed by atoms with van der Waals surface area (Å²) in [5, 5.41) is 0. The minimum Gasteiger partial charge on any atom is -0.449 e. The number of nitrogens with zero attached hydrogens (tertiary/aromatic N) is 2. The summed E-state index contributed by atoms with van der Waals surface area (Å²) in [5.74, 6) is 0.111. The quantitative estimate of drug-likeness (QED) is 0.766. The Morgan fingerprint density at radius 3 is 2.67 bits per heavy atom. The number of hydrogen-bond acceptors (Lipinski definition) is 5. The molecule has 0 spiro atoms. The average Bonchev–Trinajstić information content (AvgIpc) is 3.06. The van der Waals surface area contributed by atoms with Crippen LogP contribution in [0.25, 0.3) is 0 Å². The van der Waals surface area contributed by atoms with Gasteiger partial charge in [0.1, 0.15) is 0 Å². The molecule has 3 rings (SSSR count). The summed E-state index contributed by atoms with van der Waals surface area (Å²) in [4.78, 5) is 29.3. The van der Waals surface area contributed by atoms with Crippen molar-refractivity contribution in [2.75, 3.05) is 32.5 Å². The second kappa shape index (κ2) is 6.96. The third-order valence-corrected chi connectivity index (χ3v) is 6.76. The summed E-state index contributed by atoms with van der Waals surface area (Å²) in [7, 11) is 0. The molecule has 2 fully saturated rings. The Kier molecular flexibility index (Phi) is 5.11. The number of piperidine rings is 1. The van der Waals surface area contributed by atoms with Gasteiger partial charge in [0.25, 0.3) is 5.91 Å². The molecule has 2 saturated heterocycles. The van der Waals surface area contributed by atoms with Gasteiger partial charge in [0, 0.05) is 31.1 Å². The molecule has 24 heavy (non-hydrogen) atoms. The number of rotatable bonds is 3. The predicted octanol–water partition coefficient (Wildman–Crippen LogP) is 3.55. The van der Waals surface area contributed by atoms with Crippen LogP contribution in [0.15, 0.2) is 16.3 Å². The fourth-order valence-corrected chi connectivity index (χ4v) is 4.78. The van der Waals surface area contributed by atoms with Gasteiger partial charge in [-0.25, -0.2) is 4.79 Å². The van der Waals surface area contributed by atoms with Crippen LogP contribution in [0.1, 0.15) is 36.4 Å². The summed E-state index contributed by atoms with van der Waals surface area (Å²) in [6.45, 7) is 6.83. The van der Waals surface area contributed by atoms with E-state index < -0.39 is 0 Å². The van der Waals surface area contributed by atoms with Crippen molar-refractivity contribution in [2.45, 2.75) is 36.9 Å². The highest BCUT2D eigenvalue weighted by Gasteiger charge is 2.38. The molecule has 7 heteroatoms. The van der Waals surface area contributed by atoms with E-state index in [-0.39, 0.29) is 23.5 Å². The van der Waals surface area contributed by atoms with E-state index in [4.69, 9.17) is 4.74 Å². The van der Waals surface area contributed by atoms with Gasteiger partial charge in [0.05, 0.1) is 15.7 Å². The van der Waals surface area contributed by atoms with Crippen LogP contribution in [0.4, 0.5) is 4.79 Å². The average molecular weight is 369 g/mol. The van der Waals surface area contributed by atoms with E-state index in [0.717, 1.165) is 28.5 Å². The fourth-order valence-electron chi connectivity index (χ4n) is 3.27. The zero-order chi connectivity index (χ0) is 17.3. The molecule has 1 aromatic rings. The van der Waals surface area contributed by atoms with Gasteiger partial charge in [-0.15, -0.1) is 23.1 Å². The Morgan fingerprint density at radius 2 is 2.04 bits per heavy atom. The summed E-state index contributed by atoms with van der Waals surface area (Å²) in [6, 6.07) is 4.09. The number of thiophene rings is 1. The second-order valence-corrected chi connectivity index (χ2v) is 9.38. The van der Waals surface area contributed by atoms with E-state index >= 15 is 0 Å². The molecule has 2 amide bonds. The molecule has 0 bridgehead atoms. The van der Waals surface area contributed by atoms with Gasteiger partial charge in [-0.05, 0) is 31.2 Å². The number of thioether (sulfide) groups is 1. The molecule has 2 aliphatic heterocycles. The molecule has 0 saturated carbocycles. The Morgan fingerprint density at radius 1 is 1.33 bits per heavy atom. The Hall–Kier alpha value is -1.21. The van der Waals surface area contributed by atoms with Crippen LogP contribution in [0.3, 0.4) is 0 Å². The van der Waals surface area contributed by atoms with Crippen LogP contribution in [0.5, 0.6) is 0 Å². The van der Waals surface area contributed by atoms with Gasteiger partial charge in [0.15, 0.2) is 0 Å². The first kappa shape index (κ1) is 17.6. The molecule has 1 aromatic heterocycles. The largest absolute Gasteiger partial charge is 0.449 e. The molecule has 0 aliphatic carbocycles. The van der Waals surface area contributed by atoms with Crippen molar-refractivity contribution in [3.05, 3.63) is 17.0 Å². The van der Waals surface area contributed by atoms with E-state index in [0.29, 0.717) is 19.7 Å². The van der Waals surface area contributed by atoms with E-state index in [1.165, 1.54) is 0 Å². The van der Waals surface area contributed by atoms with Gasteiger partial charge in [-0.1, -0.05) is 13.8 Å². The molecule has 0 atom stereocenters. The van der Waals surface area contributed by atoms with Crippen LogP contribution in [0, 0.1) is 5.41 Å². The van der Waals surface area contributed by atoms with E-state index in [1.54, 1.807) is 23.1 Å². The van der Waals surface area contributed by atoms with Crippen molar-refractivity contribution in [1.29, 1.82) is 0 Å². The summed E-state index contributed by atoms with van der Waals surface area (Å²) in [5.41, 5.74) is -0.00788. The van der Waals surface area contributed by atoms with Crippen molar-refractivity contribution < 1.29 is 14.3 Å². The molecular weight excluding hydrogens is 344 g/mol. The maximum absolute atomic E-state index is 12.6. The van der Waals surface area contributed by atoms with Crippen molar-refractivity contribution in [1.82, 2.24) is 9.80 Å². The smallest absolute Gasteiger partial charge is 0.410 e. The number of cyclic esters (lactones) is 1. The zero-order valence-electron chi connectivity index (χ0n) is 14.4. The lowest BCUT2D eigenvalue weighted by atomic mass is 9.91. The summed E-state index contributed by atoms with van der Waals surface area (Å²) >= 11 is 3.21. The minimum atomic E-state index is -0.207. The normalized spacial score (nSPS) is 21.7. The van der Waals surface area contributed by atoms with Gasteiger partial charge in [0.2, 0.25) is 0 Å². The molecule has 0 radical (unpaired) electrons. The number of carbonyl (C=O) groups is 2. The Balaban J connectivity index is 1.59. The number of hydrogen-bond donors (Lipinski definition) is 0.